The van der Waals surface area contributed by atoms with E-state index < -0.39 is 0 Å². The number of anilines is 2. The molecular weight excluding hydrogens is 240 g/mol. The third-order valence-corrected chi connectivity index (χ3v) is 3.77. The second kappa shape index (κ2) is 5.06. The Morgan fingerprint density at radius 2 is 2.12 bits per heavy atom. The van der Waals surface area contributed by atoms with E-state index in [1.54, 1.807) is 0 Å². The van der Waals surface area contributed by atoms with E-state index in [-0.39, 0.29) is 17.2 Å². The summed E-state index contributed by atoms with van der Waals surface area (Å²) in [5.41, 5.74) is 6.09. The van der Waals surface area contributed by atoms with Crippen LogP contribution in [0.3, 0.4) is 0 Å². The highest BCUT2D eigenvalue weighted by atomic mass is 35.5. The maximum Gasteiger partial charge on any atom is 0.157 e. The van der Waals surface area contributed by atoms with Crippen molar-refractivity contribution in [3.05, 3.63) is 11.5 Å². The maximum absolute atomic E-state index is 9.49. The van der Waals surface area contributed by atoms with Crippen molar-refractivity contribution in [2.75, 3.05) is 24.2 Å². The van der Waals surface area contributed by atoms with Gasteiger partial charge in [0.05, 0.1) is 6.61 Å². The van der Waals surface area contributed by atoms with Crippen molar-refractivity contribution in [2.24, 2.45) is 5.41 Å². The van der Waals surface area contributed by atoms with Gasteiger partial charge >= 0.3 is 0 Å². The Morgan fingerprint density at radius 1 is 1.41 bits per heavy atom. The molecule has 1 aliphatic carbocycles. The third kappa shape index (κ3) is 2.61. The second-order valence-electron chi connectivity index (χ2n) is 4.65. The average Bonchev–Trinajstić information content (AvgIpc) is 2.81. The van der Waals surface area contributed by atoms with Crippen LogP contribution in [-0.4, -0.2) is 28.2 Å². The topological polar surface area (TPSA) is 84.1 Å². The van der Waals surface area contributed by atoms with Crippen LogP contribution in [-0.2, 0) is 0 Å². The third-order valence-electron chi connectivity index (χ3n) is 3.47. The fraction of sp³-hybridized carbons (Fsp3) is 0.636. The lowest BCUT2D eigenvalue weighted by molar-refractivity contribution is 0.142. The number of nitrogens with one attached hydrogen (secondary N) is 1. The molecule has 4 N–H and O–H groups in total. The van der Waals surface area contributed by atoms with Gasteiger partial charge in [0, 0.05) is 12.0 Å². The van der Waals surface area contributed by atoms with E-state index in [9.17, 15) is 5.11 Å². The highest BCUT2D eigenvalue weighted by Crippen LogP contribution is 2.38. The SMILES string of the molecule is Nc1c(Cl)ncnc1NCC1(CO)CCCC1. The lowest BCUT2D eigenvalue weighted by Crippen LogP contribution is -2.31. The van der Waals surface area contributed by atoms with Crippen LogP contribution >= 0.6 is 11.6 Å². The molecule has 94 valence electrons. The largest absolute Gasteiger partial charge is 0.396 e. The van der Waals surface area contributed by atoms with E-state index in [0.717, 1.165) is 12.8 Å². The molecule has 2 rings (SSSR count). The highest BCUT2D eigenvalue weighted by Gasteiger charge is 2.33. The lowest BCUT2D eigenvalue weighted by Gasteiger charge is -2.27. The van der Waals surface area contributed by atoms with Crippen molar-refractivity contribution in [1.29, 1.82) is 0 Å². The first-order valence-corrected chi connectivity index (χ1v) is 6.15. The van der Waals surface area contributed by atoms with Crippen molar-refractivity contribution >= 4 is 23.1 Å². The van der Waals surface area contributed by atoms with Gasteiger partial charge in [-0.15, -0.1) is 0 Å². The van der Waals surface area contributed by atoms with Gasteiger partial charge in [0.15, 0.2) is 11.0 Å². The number of hydrogen-bond donors (Lipinski definition) is 3. The number of aliphatic hydroxyl groups excluding tert-OH is 1. The van der Waals surface area contributed by atoms with Crippen molar-refractivity contribution < 1.29 is 5.11 Å². The minimum atomic E-state index is -0.0378. The molecule has 1 aromatic rings. The summed E-state index contributed by atoms with van der Waals surface area (Å²) in [4.78, 5) is 7.85. The van der Waals surface area contributed by atoms with E-state index in [2.05, 4.69) is 15.3 Å². The lowest BCUT2D eigenvalue weighted by atomic mass is 9.87. The van der Waals surface area contributed by atoms with Crippen LogP contribution in [0.4, 0.5) is 11.5 Å². The van der Waals surface area contributed by atoms with E-state index in [0.29, 0.717) is 18.1 Å². The van der Waals surface area contributed by atoms with Gasteiger partial charge in [0.1, 0.15) is 12.0 Å². The van der Waals surface area contributed by atoms with E-state index in [4.69, 9.17) is 17.3 Å². The van der Waals surface area contributed by atoms with Crippen LogP contribution in [0.25, 0.3) is 0 Å². The summed E-state index contributed by atoms with van der Waals surface area (Å²) >= 11 is 5.81. The van der Waals surface area contributed by atoms with Crippen LogP contribution in [0.2, 0.25) is 5.15 Å². The standard InChI is InChI=1S/C11H17ClN4O/c12-9-8(13)10(16-7-15-9)14-5-11(6-17)3-1-2-4-11/h7,17H,1-6,13H2,(H,14,15,16). The summed E-state index contributed by atoms with van der Waals surface area (Å²) in [7, 11) is 0. The van der Waals surface area contributed by atoms with Crippen molar-refractivity contribution in [3.8, 4) is 0 Å². The Balaban J connectivity index is 2.04. The first kappa shape index (κ1) is 12.4. The van der Waals surface area contributed by atoms with Gasteiger partial charge in [-0.2, -0.15) is 0 Å². The zero-order chi connectivity index (χ0) is 12.3. The van der Waals surface area contributed by atoms with Crippen molar-refractivity contribution in [2.45, 2.75) is 25.7 Å². The Morgan fingerprint density at radius 3 is 2.76 bits per heavy atom. The Bertz CT molecular complexity index is 393. The van der Waals surface area contributed by atoms with Crippen LogP contribution < -0.4 is 11.1 Å². The number of nitrogen functional groups attached to an aromatic ring is 1. The predicted octanol–water partition coefficient (Wildman–Crippen LogP) is 1.68. The zero-order valence-corrected chi connectivity index (χ0v) is 10.4. The summed E-state index contributed by atoms with van der Waals surface area (Å²) in [5.74, 6) is 0.546. The molecule has 0 spiro atoms. The van der Waals surface area contributed by atoms with Gasteiger partial charge in [-0.3, -0.25) is 0 Å². The van der Waals surface area contributed by atoms with Gasteiger partial charge in [-0.25, -0.2) is 9.97 Å². The van der Waals surface area contributed by atoms with Crippen LogP contribution in [0.15, 0.2) is 6.33 Å². The number of aliphatic hydroxyl groups is 1. The Kier molecular flexibility index (Phi) is 3.69. The minimum Gasteiger partial charge on any atom is -0.396 e. The molecule has 0 radical (unpaired) electrons. The summed E-state index contributed by atoms with van der Waals surface area (Å²) in [6, 6.07) is 0. The van der Waals surface area contributed by atoms with Crippen molar-refractivity contribution in [1.82, 2.24) is 9.97 Å². The van der Waals surface area contributed by atoms with E-state index >= 15 is 0 Å². The van der Waals surface area contributed by atoms with E-state index in [1.807, 2.05) is 0 Å². The van der Waals surface area contributed by atoms with Crippen LogP contribution in [0, 0.1) is 5.41 Å². The van der Waals surface area contributed by atoms with Gasteiger partial charge in [0.25, 0.3) is 0 Å². The molecule has 0 saturated heterocycles. The fourth-order valence-electron chi connectivity index (χ4n) is 2.30. The van der Waals surface area contributed by atoms with Gasteiger partial charge < -0.3 is 16.2 Å². The molecule has 0 unspecified atom stereocenters. The predicted molar refractivity (Wildman–Crippen MR) is 67.9 cm³/mol. The number of rotatable bonds is 4. The van der Waals surface area contributed by atoms with Gasteiger partial charge in [-0.05, 0) is 12.8 Å². The molecular formula is C11H17ClN4O. The molecule has 17 heavy (non-hydrogen) atoms. The molecule has 5 nitrogen and oxygen atoms in total. The smallest absolute Gasteiger partial charge is 0.157 e. The number of nitrogens with zero attached hydrogens (tertiary/aromatic N) is 2. The molecule has 1 heterocycles. The first-order chi connectivity index (χ1) is 8.17. The second-order valence-corrected chi connectivity index (χ2v) is 5.00. The fourth-order valence-corrected chi connectivity index (χ4v) is 2.44. The number of nitrogens with two attached hydrogens (primary N) is 1. The zero-order valence-electron chi connectivity index (χ0n) is 9.62. The molecule has 0 aliphatic heterocycles. The Hall–Kier alpha value is -1.07. The van der Waals surface area contributed by atoms with Crippen LogP contribution in [0.1, 0.15) is 25.7 Å². The van der Waals surface area contributed by atoms with Crippen molar-refractivity contribution in [3.63, 3.8) is 0 Å². The van der Waals surface area contributed by atoms with Gasteiger partial charge in [-0.1, -0.05) is 24.4 Å². The number of hydrogen-bond acceptors (Lipinski definition) is 5. The summed E-state index contributed by atoms with van der Waals surface area (Å²) in [6.07, 6.45) is 5.79. The normalized spacial score (nSPS) is 18.2. The molecule has 0 atom stereocenters. The summed E-state index contributed by atoms with van der Waals surface area (Å²) < 4.78 is 0. The van der Waals surface area contributed by atoms with E-state index in [1.165, 1.54) is 19.2 Å². The molecule has 0 aromatic carbocycles. The molecule has 0 bridgehead atoms. The molecule has 1 fully saturated rings. The molecule has 6 heteroatoms. The quantitative estimate of drug-likeness (QED) is 0.714. The molecule has 0 amide bonds. The summed E-state index contributed by atoms with van der Waals surface area (Å²) in [6.45, 7) is 0.861. The molecule has 1 aliphatic rings. The molecule has 1 saturated carbocycles. The molecule has 1 aromatic heterocycles. The monoisotopic (exact) mass is 256 g/mol. The maximum atomic E-state index is 9.49. The number of halogens is 1. The Labute approximate surface area is 105 Å². The minimum absolute atomic E-state index is 0.0378. The highest BCUT2D eigenvalue weighted by molar-refractivity contribution is 6.32. The number of aromatic nitrogens is 2. The van der Waals surface area contributed by atoms with Gasteiger partial charge in [0.2, 0.25) is 0 Å². The van der Waals surface area contributed by atoms with Crippen LogP contribution in [0.5, 0.6) is 0 Å². The average molecular weight is 257 g/mol. The summed E-state index contributed by atoms with van der Waals surface area (Å²) in [5, 5.41) is 12.9. The first-order valence-electron chi connectivity index (χ1n) is 5.78.